The maximum atomic E-state index is 4.78. The van der Waals surface area contributed by atoms with E-state index in [1.165, 1.54) is 27.4 Å². The molecule has 2 aromatic rings. The van der Waals surface area contributed by atoms with E-state index in [1.807, 2.05) is 0 Å². The third kappa shape index (κ3) is 3.43. The first kappa shape index (κ1) is 16.0. The molecule has 21 heavy (non-hydrogen) atoms. The second-order valence-corrected chi connectivity index (χ2v) is 12.4. The van der Waals surface area contributed by atoms with Gasteiger partial charge < -0.3 is 0 Å². The van der Waals surface area contributed by atoms with Crippen LogP contribution in [0.2, 0.25) is 19.6 Å². The Balaban J connectivity index is 2.60. The lowest BCUT2D eigenvalue weighted by atomic mass is 9.98. The average Bonchev–Trinajstić information content (AvgIpc) is 2.37. The summed E-state index contributed by atoms with van der Waals surface area (Å²) in [7, 11) is -1.35. The number of rotatable bonds is 3. The normalized spacial score (nSPS) is 12.0. The molecule has 0 N–H and O–H groups in total. The second-order valence-electron chi connectivity index (χ2n) is 7.38. The molecule has 0 saturated carbocycles. The van der Waals surface area contributed by atoms with Gasteiger partial charge in [0.15, 0.2) is 0 Å². The summed E-state index contributed by atoms with van der Waals surface area (Å²) >= 11 is 0. The zero-order valence-corrected chi connectivity index (χ0v) is 15.4. The van der Waals surface area contributed by atoms with Crippen LogP contribution in [0.3, 0.4) is 0 Å². The zero-order valence-electron chi connectivity index (χ0n) is 14.4. The molecule has 0 radical (unpaired) electrons. The standard InChI is InChI=1S/C19H27NSi/c1-13(2)17-11-18(20-12-19(17)21(5,6)7)16-9-8-14(3)10-15(16)4/h8-13H,1-7H3. The summed E-state index contributed by atoms with van der Waals surface area (Å²) in [6.07, 6.45) is 2.14. The third-order valence-electron chi connectivity index (χ3n) is 4.02. The molecule has 0 aliphatic heterocycles. The number of pyridine rings is 1. The van der Waals surface area contributed by atoms with Crippen LogP contribution in [-0.2, 0) is 0 Å². The Bertz CT molecular complexity index is 651. The summed E-state index contributed by atoms with van der Waals surface area (Å²) in [4.78, 5) is 4.78. The minimum absolute atomic E-state index is 0.541. The molecule has 0 amide bonds. The first-order valence-corrected chi connectivity index (χ1v) is 11.3. The molecular weight excluding hydrogens is 270 g/mol. The van der Waals surface area contributed by atoms with Crippen LogP contribution in [0.5, 0.6) is 0 Å². The topological polar surface area (TPSA) is 12.9 Å². The van der Waals surface area contributed by atoms with E-state index in [1.54, 1.807) is 0 Å². The fourth-order valence-electron chi connectivity index (χ4n) is 2.82. The van der Waals surface area contributed by atoms with Gasteiger partial charge in [-0.2, -0.15) is 0 Å². The Morgan fingerprint density at radius 1 is 1.00 bits per heavy atom. The quantitative estimate of drug-likeness (QED) is 0.724. The SMILES string of the molecule is Cc1ccc(-c2cc(C(C)C)c([Si](C)(C)C)cn2)c(C)c1. The van der Waals surface area contributed by atoms with Crippen LogP contribution >= 0.6 is 0 Å². The van der Waals surface area contributed by atoms with Gasteiger partial charge in [-0.1, -0.05) is 57.3 Å². The smallest absolute Gasteiger partial charge is 0.0799 e. The molecule has 1 aromatic heterocycles. The maximum Gasteiger partial charge on any atom is 0.0799 e. The first-order valence-electron chi connectivity index (χ1n) is 7.78. The molecule has 0 spiro atoms. The van der Waals surface area contributed by atoms with Crippen LogP contribution in [0.1, 0.15) is 36.5 Å². The number of benzene rings is 1. The maximum absolute atomic E-state index is 4.78. The van der Waals surface area contributed by atoms with Gasteiger partial charge in [0.1, 0.15) is 0 Å². The molecule has 2 rings (SSSR count). The summed E-state index contributed by atoms with van der Waals surface area (Å²) in [5.41, 5.74) is 6.44. The summed E-state index contributed by atoms with van der Waals surface area (Å²) in [6, 6.07) is 8.92. The minimum Gasteiger partial charge on any atom is -0.256 e. The summed E-state index contributed by atoms with van der Waals surface area (Å²) in [5, 5.41) is 1.49. The number of aryl methyl sites for hydroxylation is 2. The van der Waals surface area contributed by atoms with Crippen molar-refractivity contribution in [1.29, 1.82) is 0 Å². The highest BCUT2D eigenvalue weighted by Crippen LogP contribution is 2.26. The minimum atomic E-state index is -1.35. The molecule has 0 aliphatic rings. The van der Waals surface area contributed by atoms with Gasteiger partial charge in [-0.05, 0) is 42.1 Å². The Morgan fingerprint density at radius 3 is 2.19 bits per heavy atom. The highest BCUT2D eigenvalue weighted by molar-refractivity contribution is 6.89. The van der Waals surface area contributed by atoms with Crippen molar-refractivity contribution < 1.29 is 0 Å². The van der Waals surface area contributed by atoms with Crippen molar-refractivity contribution in [2.45, 2.75) is 53.3 Å². The van der Waals surface area contributed by atoms with Crippen LogP contribution in [0.25, 0.3) is 11.3 Å². The van der Waals surface area contributed by atoms with Crippen molar-refractivity contribution in [1.82, 2.24) is 4.98 Å². The van der Waals surface area contributed by atoms with Crippen LogP contribution in [0.4, 0.5) is 0 Å². The van der Waals surface area contributed by atoms with E-state index >= 15 is 0 Å². The molecule has 0 unspecified atom stereocenters. The van der Waals surface area contributed by atoms with Gasteiger partial charge in [0.25, 0.3) is 0 Å². The van der Waals surface area contributed by atoms with Crippen molar-refractivity contribution in [3.63, 3.8) is 0 Å². The lowest BCUT2D eigenvalue weighted by molar-refractivity contribution is 0.869. The molecule has 0 bridgehead atoms. The predicted molar refractivity (Wildman–Crippen MR) is 96.2 cm³/mol. The molecule has 112 valence electrons. The molecule has 0 fully saturated rings. The fourth-order valence-corrected chi connectivity index (χ4v) is 4.50. The van der Waals surface area contributed by atoms with E-state index in [2.05, 4.69) is 77.8 Å². The highest BCUT2D eigenvalue weighted by Gasteiger charge is 2.22. The van der Waals surface area contributed by atoms with Crippen LogP contribution in [0.15, 0.2) is 30.5 Å². The lowest BCUT2D eigenvalue weighted by Gasteiger charge is -2.23. The van der Waals surface area contributed by atoms with E-state index in [9.17, 15) is 0 Å². The molecule has 0 aliphatic carbocycles. The number of hydrogen-bond donors (Lipinski definition) is 0. The van der Waals surface area contributed by atoms with Crippen molar-refractivity contribution in [2.24, 2.45) is 0 Å². The van der Waals surface area contributed by atoms with Gasteiger partial charge in [0.2, 0.25) is 0 Å². The Morgan fingerprint density at radius 2 is 1.67 bits per heavy atom. The molecule has 1 heterocycles. The van der Waals surface area contributed by atoms with Crippen LogP contribution in [0, 0.1) is 13.8 Å². The van der Waals surface area contributed by atoms with Gasteiger partial charge >= 0.3 is 0 Å². The lowest BCUT2D eigenvalue weighted by Crippen LogP contribution is -2.40. The third-order valence-corrected chi connectivity index (χ3v) is 6.06. The van der Waals surface area contributed by atoms with Crippen LogP contribution in [-0.4, -0.2) is 13.1 Å². The Labute approximate surface area is 130 Å². The van der Waals surface area contributed by atoms with Gasteiger partial charge in [-0.25, -0.2) is 0 Å². The zero-order chi connectivity index (χ0) is 15.8. The van der Waals surface area contributed by atoms with E-state index in [0.717, 1.165) is 5.69 Å². The van der Waals surface area contributed by atoms with Gasteiger partial charge in [0.05, 0.1) is 13.8 Å². The fraction of sp³-hybridized carbons (Fsp3) is 0.421. The summed E-state index contributed by atoms with van der Waals surface area (Å²) in [6.45, 7) is 16.1. The monoisotopic (exact) mass is 297 g/mol. The highest BCUT2D eigenvalue weighted by atomic mass is 28.3. The van der Waals surface area contributed by atoms with Gasteiger partial charge in [-0.15, -0.1) is 0 Å². The van der Waals surface area contributed by atoms with Gasteiger partial charge in [0, 0.05) is 11.8 Å². The van der Waals surface area contributed by atoms with E-state index in [-0.39, 0.29) is 0 Å². The van der Waals surface area contributed by atoms with Crippen LogP contribution < -0.4 is 5.19 Å². The molecule has 0 saturated heterocycles. The van der Waals surface area contributed by atoms with Crippen molar-refractivity contribution >= 4 is 13.3 Å². The number of nitrogens with zero attached hydrogens (tertiary/aromatic N) is 1. The molecule has 0 atom stereocenters. The van der Waals surface area contributed by atoms with E-state index in [4.69, 9.17) is 4.98 Å². The van der Waals surface area contributed by atoms with E-state index in [0.29, 0.717) is 5.92 Å². The van der Waals surface area contributed by atoms with Gasteiger partial charge in [-0.3, -0.25) is 4.98 Å². The van der Waals surface area contributed by atoms with Crippen molar-refractivity contribution in [3.05, 3.63) is 47.2 Å². The molecule has 1 aromatic carbocycles. The summed E-state index contributed by atoms with van der Waals surface area (Å²) < 4.78 is 0. The summed E-state index contributed by atoms with van der Waals surface area (Å²) in [5.74, 6) is 0.541. The Hall–Kier alpha value is -1.41. The Kier molecular flexibility index (Phi) is 4.38. The van der Waals surface area contributed by atoms with E-state index < -0.39 is 8.07 Å². The molecule has 2 heteroatoms. The molecular formula is C19H27NSi. The van der Waals surface area contributed by atoms with Crippen molar-refractivity contribution in [2.75, 3.05) is 0 Å². The second kappa shape index (κ2) is 5.76. The molecule has 1 nitrogen and oxygen atoms in total. The largest absolute Gasteiger partial charge is 0.256 e. The predicted octanol–water partition coefficient (Wildman–Crippen LogP) is 5.03. The van der Waals surface area contributed by atoms with Crippen molar-refractivity contribution in [3.8, 4) is 11.3 Å². The number of hydrogen-bond acceptors (Lipinski definition) is 1. The number of aromatic nitrogens is 1. The average molecular weight is 298 g/mol. The first-order chi connectivity index (χ1) is 9.70.